The van der Waals surface area contributed by atoms with E-state index in [4.69, 9.17) is 34.6 Å². The van der Waals surface area contributed by atoms with Crippen molar-refractivity contribution < 1.29 is 62.1 Å². The van der Waals surface area contributed by atoms with Crippen molar-refractivity contribution in [1.82, 2.24) is 45.3 Å². The standard InChI is InChI=1S/C87H102N10O13/c1-15-51(6)80(71(107-11)48-73(100)97-47-19-20-70(97)81(108-12)52(7)82(88)101)96(10)85(104)78(49(2)3)94-84(103)79(50(4)5)95(9)72(99)21-17-16-18-46-89-83(102)59-32-26-56(27-33-59)75-64-40-38-62(90-64)74(55-24-22-54(23-25-55)53(8)98)63-39-42-66(91-63)76(57-28-34-60(35-29-57)86(105)109-13)68-44-45-69(93-68)77(67-43-41-65(75)92-67)58-30-36-61(37-31-58)87(106)110-14/h22-45,49-52,70-71,78-81,91-92H,15-21,46-48H2,1-14H3,(H2,88,101)(H,89,102)(H,94,103)/t51-,52+,70?,71+,78-,79-,80-,81+/m0/s1. The lowest BCUT2D eigenvalue weighted by atomic mass is 9.89. The van der Waals surface area contributed by atoms with Crippen LogP contribution in [-0.2, 0) is 42.9 Å². The van der Waals surface area contributed by atoms with Crippen molar-refractivity contribution in [1.29, 1.82) is 0 Å². The number of carbonyl (C=O) groups is 9. The Morgan fingerprint density at radius 2 is 1.02 bits per heavy atom. The zero-order valence-electron chi connectivity index (χ0n) is 65.3. The Labute approximate surface area is 642 Å². The molecule has 6 heterocycles. The van der Waals surface area contributed by atoms with E-state index in [2.05, 4.69) is 20.6 Å². The minimum Gasteiger partial charge on any atom is -0.465 e. The number of amides is 6. The van der Waals surface area contributed by atoms with E-state index in [1.165, 1.54) is 40.3 Å². The van der Waals surface area contributed by atoms with Crippen LogP contribution in [0.25, 0.3) is 90.9 Å². The van der Waals surface area contributed by atoms with Crippen molar-refractivity contribution in [2.75, 3.05) is 55.6 Å². The Morgan fingerprint density at radius 3 is 1.41 bits per heavy atom. The molecule has 8 bridgehead atoms. The van der Waals surface area contributed by atoms with Crippen LogP contribution in [0.1, 0.15) is 171 Å². The number of hydrogen-bond acceptors (Lipinski definition) is 15. The lowest BCUT2D eigenvalue weighted by Crippen LogP contribution is -2.60. The minimum atomic E-state index is -0.978. The number of benzene rings is 4. The Hall–Kier alpha value is -11.2. The summed E-state index contributed by atoms with van der Waals surface area (Å²) >= 11 is 0. The number of nitrogens with two attached hydrogens (primary N) is 1. The van der Waals surface area contributed by atoms with E-state index in [0.717, 1.165) is 56.4 Å². The maximum atomic E-state index is 14.8. The van der Waals surface area contributed by atoms with Crippen LogP contribution in [0, 0.1) is 23.7 Å². The maximum Gasteiger partial charge on any atom is 0.337 e. The molecule has 3 aromatic heterocycles. The third-order valence-electron chi connectivity index (χ3n) is 21.5. The largest absolute Gasteiger partial charge is 0.465 e. The van der Waals surface area contributed by atoms with Crippen molar-refractivity contribution in [3.63, 3.8) is 0 Å². The molecule has 3 aliphatic rings. The first-order valence-corrected chi connectivity index (χ1v) is 37.7. The molecular weight excluding hydrogens is 1390 g/mol. The van der Waals surface area contributed by atoms with Crippen molar-refractivity contribution in [3.8, 4) is 44.5 Å². The third-order valence-corrected chi connectivity index (χ3v) is 21.5. The average Bonchev–Trinajstić information content (AvgIpc) is 1.61. The average molecular weight is 1500 g/mol. The van der Waals surface area contributed by atoms with Crippen LogP contribution >= 0.6 is 0 Å². The molecule has 7 aromatic rings. The summed E-state index contributed by atoms with van der Waals surface area (Å²) in [6.45, 7) is 15.5. The van der Waals surface area contributed by atoms with Gasteiger partial charge in [-0.25, -0.2) is 19.6 Å². The van der Waals surface area contributed by atoms with Gasteiger partial charge in [0.25, 0.3) is 5.91 Å². The topological polar surface area (TPSA) is 308 Å². The van der Waals surface area contributed by atoms with Gasteiger partial charge in [-0.3, -0.25) is 33.6 Å². The first kappa shape index (κ1) is 81.3. The molecule has 8 atom stereocenters. The predicted molar refractivity (Wildman–Crippen MR) is 428 cm³/mol. The Bertz CT molecular complexity index is 4810. The molecule has 6 N–H and O–H groups in total. The van der Waals surface area contributed by atoms with Gasteiger partial charge < -0.3 is 60.0 Å². The molecule has 0 aliphatic carbocycles. The number of likely N-dealkylation sites (N-methyl/N-ethyl adjacent to an activating group) is 2. The summed E-state index contributed by atoms with van der Waals surface area (Å²) in [5.41, 5.74) is 18.7. The molecule has 1 unspecified atom stereocenters. The van der Waals surface area contributed by atoms with Crippen LogP contribution in [0.5, 0.6) is 0 Å². The van der Waals surface area contributed by atoms with E-state index in [1.54, 1.807) is 79.3 Å². The van der Waals surface area contributed by atoms with Gasteiger partial charge in [0.15, 0.2) is 5.78 Å². The molecule has 1 fully saturated rings. The SMILES string of the molecule is CC[C@H](C)[C@@H]([C@@H](CC(=O)N1CCCC1[C@H](OC)[C@@H](C)C(N)=O)OC)N(C)C(=O)[C@@H](NC(=O)[C@H](C(C)C)N(C)C(=O)CCCCCNC(=O)c1ccc(-c2c3nc(c(-c4ccc(C(C)=O)cc4)c4ccc([nH]4)c(-c4ccc(C(=O)OC)cc4)c4nc(c(-c5ccc(C(=O)OC)cc5)c5ccc2[nH]5)C=C4)C=C3)cc1)C(C)C. The van der Waals surface area contributed by atoms with Crippen molar-refractivity contribution in [3.05, 3.63) is 166 Å². The zero-order chi connectivity index (χ0) is 79.4. The first-order valence-electron chi connectivity index (χ1n) is 37.7. The van der Waals surface area contributed by atoms with E-state index in [9.17, 15) is 43.2 Å². The Morgan fingerprint density at radius 1 is 0.573 bits per heavy atom. The van der Waals surface area contributed by atoms with E-state index in [-0.39, 0.29) is 66.0 Å². The highest BCUT2D eigenvalue weighted by molar-refractivity contribution is 6.03. The number of aromatic amines is 2. The fourth-order valence-electron chi connectivity index (χ4n) is 15.3. The van der Waals surface area contributed by atoms with Crippen molar-refractivity contribution in [2.24, 2.45) is 29.4 Å². The number of aromatic nitrogens is 4. The smallest absolute Gasteiger partial charge is 0.337 e. The number of fused-ring (bicyclic) bond motifs is 8. The van der Waals surface area contributed by atoms with E-state index >= 15 is 0 Å². The number of ether oxygens (including phenoxy) is 4. The second-order valence-corrected chi connectivity index (χ2v) is 29.3. The fraction of sp³-hybridized carbons (Fsp3) is 0.391. The quantitative estimate of drug-likeness (QED) is 0.0153. The molecule has 0 radical (unpaired) electrons. The molecule has 1 saturated heterocycles. The summed E-state index contributed by atoms with van der Waals surface area (Å²) in [6, 6.07) is 34.1. The van der Waals surface area contributed by atoms with Crippen LogP contribution < -0.4 is 16.4 Å². The number of Topliss-reactive ketones (excluding diaryl/α,β-unsaturated/α-hetero) is 1. The second kappa shape index (κ2) is 36.4. The number of hydrogen-bond donors (Lipinski definition) is 5. The maximum absolute atomic E-state index is 14.8. The molecule has 6 amide bonds. The molecular formula is C87H102N10O13. The number of nitrogens with one attached hydrogen (secondary N) is 4. The summed E-state index contributed by atoms with van der Waals surface area (Å²) in [7, 11) is 9.00. The Balaban J connectivity index is 0.857. The number of unbranched alkanes of at least 4 members (excludes halogenated alkanes) is 2. The summed E-state index contributed by atoms with van der Waals surface area (Å²) in [5, 5.41) is 6.08. The van der Waals surface area contributed by atoms with Crippen LogP contribution in [0.15, 0.2) is 121 Å². The molecule has 10 rings (SSSR count). The molecule has 23 nitrogen and oxygen atoms in total. The second-order valence-electron chi connectivity index (χ2n) is 29.3. The molecule has 578 valence electrons. The van der Waals surface area contributed by atoms with Crippen LogP contribution in [-0.4, -0.2) is 180 Å². The Kier molecular flexibility index (Phi) is 26.9. The van der Waals surface area contributed by atoms with Gasteiger partial charge in [-0.15, -0.1) is 0 Å². The molecule has 0 saturated carbocycles. The lowest BCUT2D eigenvalue weighted by molar-refractivity contribution is -0.148. The summed E-state index contributed by atoms with van der Waals surface area (Å²) in [6.07, 6.45) is 10.3. The number of likely N-dealkylation sites (tertiary alicyclic amines) is 1. The number of H-pyrrole nitrogens is 2. The number of esters is 2. The molecule has 23 heteroatoms. The van der Waals surface area contributed by atoms with Gasteiger partial charge in [-0.1, -0.05) is 122 Å². The van der Waals surface area contributed by atoms with E-state index < -0.39 is 60.0 Å². The first-order chi connectivity index (χ1) is 52.7. The number of ketones is 1. The van der Waals surface area contributed by atoms with E-state index in [1.807, 2.05) is 139 Å². The van der Waals surface area contributed by atoms with E-state index in [0.29, 0.717) is 107 Å². The highest BCUT2D eigenvalue weighted by Gasteiger charge is 2.43. The fourth-order valence-corrected chi connectivity index (χ4v) is 15.3. The highest BCUT2D eigenvalue weighted by Crippen LogP contribution is 2.40. The van der Waals surface area contributed by atoms with Gasteiger partial charge in [0, 0.05) is 103 Å². The van der Waals surface area contributed by atoms with Crippen molar-refractivity contribution in [2.45, 2.75) is 143 Å². The lowest BCUT2D eigenvalue weighted by Gasteiger charge is -2.41. The number of nitrogens with zero attached hydrogens (tertiary/aromatic N) is 5. The van der Waals surface area contributed by atoms with Gasteiger partial charge in [-0.2, -0.15) is 0 Å². The third kappa shape index (κ3) is 18.1. The van der Waals surface area contributed by atoms with Gasteiger partial charge in [0.1, 0.15) is 12.1 Å². The summed E-state index contributed by atoms with van der Waals surface area (Å²) < 4.78 is 21.9. The summed E-state index contributed by atoms with van der Waals surface area (Å²) in [5.74, 6) is -4.50. The zero-order valence-corrected chi connectivity index (χ0v) is 65.3. The molecule has 0 spiro atoms. The van der Waals surface area contributed by atoms with Gasteiger partial charge in [-0.05, 0) is 158 Å². The minimum absolute atomic E-state index is 0.0367. The highest BCUT2D eigenvalue weighted by atomic mass is 16.5. The van der Waals surface area contributed by atoms with Crippen LogP contribution in [0.2, 0.25) is 0 Å². The molecule has 4 aromatic carbocycles. The normalized spacial score (nSPS) is 15.1. The predicted octanol–water partition coefficient (Wildman–Crippen LogP) is 13.4. The number of rotatable bonds is 31. The van der Waals surface area contributed by atoms with Crippen LogP contribution in [0.4, 0.5) is 0 Å². The molecule has 3 aliphatic heterocycles. The number of primary amides is 1. The van der Waals surface area contributed by atoms with Gasteiger partial charge >= 0.3 is 11.9 Å². The number of methoxy groups -OCH3 is 4. The summed E-state index contributed by atoms with van der Waals surface area (Å²) in [4.78, 5) is 145. The molecule has 110 heavy (non-hydrogen) atoms. The monoisotopic (exact) mass is 1490 g/mol. The van der Waals surface area contributed by atoms with Gasteiger partial charge in [0.2, 0.25) is 29.5 Å². The van der Waals surface area contributed by atoms with Gasteiger partial charge in [0.05, 0.1) is 84.8 Å². The van der Waals surface area contributed by atoms with Crippen LogP contribution in [0.3, 0.4) is 0 Å². The van der Waals surface area contributed by atoms with Crippen molar-refractivity contribution >= 4 is 99.5 Å². The number of carbonyl (C=O) groups excluding carboxylic acids is 9.